The van der Waals surface area contributed by atoms with Gasteiger partial charge in [0.25, 0.3) is 11.5 Å². The van der Waals surface area contributed by atoms with E-state index in [9.17, 15) is 18.8 Å². The highest BCUT2D eigenvalue weighted by Gasteiger charge is 2.35. The lowest BCUT2D eigenvalue weighted by molar-refractivity contribution is -0.134. The molecule has 0 N–H and O–H groups in total. The Morgan fingerprint density at radius 2 is 1.64 bits per heavy atom. The summed E-state index contributed by atoms with van der Waals surface area (Å²) < 4.78 is 14.5. The Balaban J connectivity index is 1.56. The lowest BCUT2D eigenvalue weighted by atomic mass is 9.89. The van der Waals surface area contributed by atoms with E-state index in [0.717, 1.165) is 36.0 Å². The molecule has 1 atom stereocenters. The van der Waals surface area contributed by atoms with Gasteiger partial charge in [0.1, 0.15) is 5.82 Å². The van der Waals surface area contributed by atoms with Crippen LogP contribution in [0.2, 0.25) is 5.02 Å². The molecule has 5 nitrogen and oxygen atoms in total. The average molecular weight is 467 g/mol. The Morgan fingerprint density at radius 1 is 0.970 bits per heavy atom. The summed E-state index contributed by atoms with van der Waals surface area (Å²) in [6.45, 7) is 0.998. The van der Waals surface area contributed by atoms with Crippen molar-refractivity contribution in [1.82, 2.24) is 9.47 Å². The first-order chi connectivity index (χ1) is 15.9. The third-order valence-electron chi connectivity index (χ3n) is 6.08. The number of benzene rings is 2. The van der Waals surface area contributed by atoms with Gasteiger partial charge in [-0.05, 0) is 61.1 Å². The Morgan fingerprint density at radius 3 is 2.30 bits per heavy atom. The lowest BCUT2D eigenvalue weighted by Crippen LogP contribution is -2.46. The predicted molar refractivity (Wildman–Crippen MR) is 125 cm³/mol. The lowest BCUT2D eigenvalue weighted by Gasteiger charge is -2.34. The van der Waals surface area contributed by atoms with Gasteiger partial charge in [-0.25, -0.2) is 4.39 Å². The van der Waals surface area contributed by atoms with Gasteiger partial charge in [0.05, 0.1) is 5.02 Å². The number of ketones is 1. The van der Waals surface area contributed by atoms with E-state index in [1.807, 2.05) is 18.2 Å². The molecule has 7 heteroatoms. The molecular weight excluding hydrogens is 443 g/mol. The maximum atomic E-state index is 13.5. The molecule has 1 aliphatic heterocycles. The van der Waals surface area contributed by atoms with Crippen molar-refractivity contribution in [2.24, 2.45) is 5.92 Å². The number of likely N-dealkylation sites (tertiary alicyclic amines) is 1. The zero-order valence-electron chi connectivity index (χ0n) is 18.0. The van der Waals surface area contributed by atoms with Gasteiger partial charge < -0.3 is 4.90 Å². The van der Waals surface area contributed by atoms with E-state index in [1.165, 1.54) is 36.0 Å². The summed E-state index contributed by atoms with van der Waals surface area (Å²) in [5.41, 5.74) is 0.907. The van der Waals surface area contributed by atoms with Gasteiger partial charge in [-0.2, -0.15) is 0 Å². The predicted octanol–water partition coefficient (Wildman–Crippen LogP) is 4.55. The SMILES string of the molecule is O=C(c1ccc(F)cc1)[C@H](C(=O)N1CCC(Cc2ccccc2)CC1)n1cc(Cl)ccc1=O. The summed E-state index contributed by atoms with van der Waals surface area (Å²) in [5.74, 6) is -1.07. The number of piperidine rings is 1. The molecule has 3 aromatic rings. The fraction of sp³-hybridized carbons (Fsp3) is 0.269. The van der Waals surface area contributed by atoms with Gasteiger partial charge in [-0.15, -0.1) is 0 Å². The highest BCUT2D eigenvalue weighted by atomic mass is 35.5. The largest absolute Gasteiger partial charge is 0.340 e. The van der Waals surface area contributed by atoms with Gasteiger partial charge >= 0.3 is 0 Å². The number of rotatable bonds is 6. The van der Waals surface area contributed by atoms with Crippen molar-refractivity contribution in [2.75, 3.05) is 13.1 Å². The van der Waals surface area contributed by atoms with Crippen LogP contribution in [0.1, 0.15) is 34.8 Å². The quantitative estimate of drug-likeness (QED) is 0.395. The van der Waals surface area contributed by atoms with E-state index in [1.54, 1.807) is 4.90 Å². The molecule has 0 spiro atoms. The highest BCUT2D eigenvalue weighted by molar-refractivity contribution is 6.30. The number of Topliss-reactive ketones (excluding diaryl/α,β-unsaturated/α-hetero) is 1. The van der Waals surface area contributed by atoms with E-state index in [2.05, 4.69) is 12.1 Å². The minimum Gasteiger partial charge on any atom is -0.340 e. The average Bonchev–Trinajstić information content (AvgIpc) is 2.83. The number of carbonyl (C=O) groups is 2. The molecule has 0 aliphatic carbocycles. The number of nitrogens with zero attached hydrogens (tertiary/aromatic N) is 2. The van der Waals surface area contributed by atoms with Crippen LogP contribution in [0.15, 0.2) is 77.7 Å². The Hall–Kier alpha value is -3.25. The van der Waals surface area contributed by atoms with Crippen LogP contribution in [0.5, 0.6) is 0 Å². The zero-order chi connectivity index (χ0) is 23.4. The number of hydrogen-bond donors (Lipinski definition) is 0. The first kappa shape index (κ1) is 22.9. The molecule has 170 valence electrons. The van der Waals surface area contributed by atoms with Crippen molar-refractivity contribution in [2.45, 2.75) is 25.3 Å². The molecular formula is C26H24ClFN2O3. The van der Waals surface area contributed by atoms with Crippen molar-refractivity contribution < 1.29 is 14.0 Å². The molecule has 1 aromatic heterocycles. The monoisotopic (exact) mass is 466 g/mol. The molecule has 2 heterocycles. The van der Waals surface area contributed by atoms with Crippen LogP contribution >= 0.6 is 11.6 Å². The smallest absolute Gasteiger partial charge is 0.253 e. The number of aromatic nitrogens is 1. The molecule has 0 saturated carbocycles. The van der Waals surface area contributed by atoms with Crippen LogP contribution < -0.4 is 5.56 Å². The summed E-state index contributed by atoms with van der Waals surface area (Å²) in [4.78, 5) is 41.1. The summed E-state index contributed by atoms with van der Waals surface area (Å²) in [5, 5.41) is 0.237. The zero-order valence-corrected chi connectivity index (χ0v) is 18.7. The second kappa shape index (κ2) is 10.1. The van der Waals surface area contributed by atoms with E-state index in [4.69, 9.17) is 11.6 Å². The summed E-state index contributed by atoms with van der Waals surface area (Å²) in [6, 6.07) is 16.4. The standard InChI is InChI=1S/C26H24ClFN2O3/c27-21-8-11-23(31)30(17-21)24(25(32)20-6-9-22(28)10-7-20)26(33)29-14-12-19(13-15-29)16-18-4-2-1-3-5-18/h1-11,17,19,24H,12-16H2/t24-/m1/s1. The highest BCUT2D eigenvalue weighted by Crippen LogP contribution is 2.25. The van der Waals surface area contributed by atoms with E-state index < -0.39 is 29.1 Å². The van der Waals surface area contributed by atoms with E-state index in [-0.39, 0.29) is 10.6 Å². The Bertz CT molecular complexity index is 1190. The minimum absolute atomic E-state index is 0.153. The topological polar surface area (TPSA) is 59.4 Å². The fourth-order valence-electron chi connectivity index (χ4n) is 4.29. The first-order valence-electron chi connectivity index (χ1n) is 10.9. The maximum absolute atomic E-state index is 13.5. The van der Waals surface area contributed by atoms with E-state index >= 15 is 0 Å². The normalized spacial score (nSPS) is 15.3. The minimum atomic E-state index is -1.40. The molecule has 0 bridgehead atoms. The number of hydrogen-bond acceptors (Lipinski definition) is 3. The number of amides is 1. The van der Waals surface area contributed by atoms with Gasteiger partial charge in [-0.3, -0.25) is 19.0 Å². The van der Waals surface area contributed by atoms with Crippen molar-refractivity contribution in [3.05, 3.63) is 105 Å². The van der Waals surface area contributed by atoms with Crippen LogP contribution in [0, 0.1) is 11.7 Å². The molecule has 1 aliphatic rings. The summed E-state index contributed by atoms with van der Waals surface area (Å²) >= 11 is 6.07. The molecule has 0 unspecified atom stereocenters. The van der Waals surface area contributed by atoms with Gasteiger partial charge in [0, 0.05) is 30.9 Å². The Labute approximate surface area is 196 Å². The van der Waals surface area contributed by atoms with Gasteiger partial charge in [0.15, 0.2) is 11.8 Å². The molecule has 4 rings (SSSR count). The van der Waals surface area contributed by atoms with Crippen LogP contribution in [-0.4, -0.2) is 34.2 Å². The van der Waals surface area contributed by atoms with Crippen LogP contribution in [-0.2, 0) is 11.2 Å². The first-order valence-corrected chi connectivity index (χ1v) is 11.3. The number of carbonyl (C=O) groups excluding carboxylic acids is 2. The van der Waals surface area contributed by atoms with Crippen LogP contribution in [0.4, 0.5) is 4.39 Å². The van der Waals surface area contributed by atoms with Crippen LogP contribution in [0.3, 0.4) is 0 Å². The Kier molecular flexibility index (Phi) is 7.04. The molecule has 1 amide bonds. The van der Waals surface area contributed by atoms with Crippen molar-refractivity contribution in [3.8, 4) is 0 Å². The molecule has 33 heavy (non-hydrogen) atoms. The van der Waals surface area contributed by atoms with Gasteiger partial charge in [0.2, 0.25) is 0 Å². The summed E-state index contributed by atoms with van der Waals surface area (Å²) in [6.07, 6.45) is 3.86. The second-order valence-electron chi connectivity index (χ2n) is 8.32. The third kappa shape index (κ3) is 5.40. The molecule has 1 saturated heterocycles. The molecule has 1 fully saturated rings. The fourth-order valence-corrected chi connectivity index (χ4v) is 4.45. The van der Waals surface area contributed by atoms with Crippen molar-refractivity contribution >= 4 is 23.3 Å². The number of halogens is 2. The number of pyridine rings is 1. The van der Waals surface area contributed by atoms with Crippen molar-refractivity contribution in [3.63, 3.8) is 0 Å². The summed E-state index contributed by atoms with van der Waals surface area (Å²) in [7, 11) is 0. The van der Waals surface area contributed by atoms with Crippen molar-refractivity contribution in [1.29, 1.82) is 0 Å². The van der Waals surface area contributed by atoms with Gasteiger partial charge in [-0.1, -0.05) is 41.9 Å². The maximum Gasteiger partial charge on any atom is 0.253 e. The molecule has 0 radical (unpaired) electrons. The molecule has 2 aromatic carbocycles. The van der Waals surface area contributed by atoms with E-state index in [0.29, 0.717) is 19.0 Å². The van der Waals surface area contributed by atoms with Crippen LogP contribution in [0.25, 0.3) is 0 Å². The second-order valence-corrected chi connectivity index (χ2v) is 8.76. The third-order valence-corrected chi connectivity index (χ3v) is 6.31.